The molecule has 0 aliphatic heterocycles. The van der Waals surface area contributed by atoms with Gasteiger partial charge < -0.3 is 9.55 Å². The van der Waals surface area contributed by atoms with Gasteiger partial charge in [0.2, 0.25) is 0 Å². The van der Waals surface area contributed by atoms with E-state index in [1.165, 1.54) is 38.9 Å². The quantitative estimate of drug-likeness (QED) is 0.393. The first kappa shape index (κ1) is 16.4. The van der Waals surface area contributed by atoms with E-state index < -0.39 is 0 Å². The monoisotopic (exact) mass is 419 g/mol. The molecule has 0 saturated carbocycles. The lowest BCUT2D eigenvalue weighted by Crippen LogP contribution is -2.28. The van der Waals surface area contributed by atoms with Crippen molar-refractivity contribution in [1.82, 2.24) is 14.1 Å². The summed E-state index contributed by atoms with van der Waals surface area (Å²) in [5.41, 5.74) is 6.02. The van der Waals surface area contributed by atoms with E-state index in [9.17, 15) is 0 Å². The van der Waals surface area contributed by atoms with Crippen LogP contribution >= 0.6 is 15.9 Å². The average molecular weight is 420 g/mol. The Bertz CT molecular complexity index is 1320. The van der Waals surface area contributed by atoms with E-state index >= 15 is 0 Å². The fraction of sp³-hybridized carbons (Fsp3) is 0.136. The SMILES string of the molecule is Cn1c(-c2c[nH]c3ccccc23)c[n+](C)c1-c1cn(C)c2cc(Br)ccc12. The van der Waals surface area contributed by atoms with Gasteiger partial charge in [-0.05, 0) is 18.2 Å². The molecule has 5 rings (SSSR count). The Hall–Kier alpha value is -2.79. The summed E-state index contributed by atoms with van der Waals surface area (Å²) in [5.74, 6) is 1.18. The van der Waals surface area contributed by atoms with Gasteiger partial charge in [-0.25, -0.2) is 9.13 Å². The zero-order valence-electron chi connectivity index (χ0n) is 15.5. The summed E-state index contributed by atoms with van der Waals surface area (Å²) in [6, 6.07) is 14.9. The average Bonchev–Trinajstić information content (AvgIpc) is 3.30. The number of aromatic nitrogens is 4. The third-order valence-corrected chi connectivity index (χ3v) is 5.88. The summed E-state index contributed by atoms with van der Waals surface area (Å²) < 4.78 is 7.78. The lowest BCUT2D eigenvalue weighted by Gasteiger charge is -2.00. The number of hydrogen-bond donors (Lipinski definition) is 1. The van der Waals surface area contributed by atoms with Gasteiger partial charge in [0.25, 0.3) is 5.82 Å². The van der Waals surface area contributed by atoms with Gasteiger partial charge in [-0.2, -0.15) is 0 Å². The Morgan fingerprint density at radius 2 is 1.81 bits per heavy atom. The molecule has 0 aliphatic rings. The van der Waals surface area contributed by atoms with Gasteiger partial charge in [0.05, 0.1) is 25.2 Å². The minimum absolute atomic E-state index is 1.10. The lowest BCUT2D eigenvalue weighted by molar-refractivity contribution is -0.659. The fourth-order valence-electron chi connectivity index (χ4n) is 4.12. The van der Waals surface area contributed by atoms with Crippen LogP contribution in [0.25, 0.3) is 44.5 Å². The number of fused-ring (bicyclic) bond motifs is 2. The number of benzene rings is 2. The first-order valence-corrected chi connectivity index (χ1v) is 9.70. The van der Waals surface area contributed by atoms with E-state index in [0.717, 1.165) is 9.99 Å². The van der Waals surface area contributed by atoms with Crippen LogP contribution in [0.3, 0.4) is 0 Å². The molecule has 0 atom stereocenters. The summed E-state index contributed by atoms with van der Waals surface area (Å²) in [5, 5.41) is 2.50. The van der Waals surface area contributed by atoms with Crippen molar-refractivity contribution in [2.24, 2.45) is 21.1 Å². The van der Waals surface area contributed by atoms with Crippen LogP contribution in [-0.2, 0) is 21.1 Å². The van der Waals surface area contributed by atoms with Crippen molar-refractivity contribution in [3.05, 3.63) is 65.5 Å². The van der Waals surface area contributed by atoms with Crippen LogP contribution in [0.1, 0.15) is 0 Å². The van der Waals surface area contributed by atoms with Gasteiger partial charge in [-0.3, -0.25) is 0 Å². The summed E-state index contributed by atoms with van der Waals surface area (Å²) in [7, 11) is 6.36. The number of H-pyrrole nitrogens is 1. The number of imidazole rings is 1. The molecular formula is C22H20BrN4+. The Balaban J connectivity index is 1.77. The molecule has 27 heavy (non-hydrogen) atoms. The van der Waals surface area contributed by atoms with Crippen molar-refractivity contribution < 1.29 is 4.57 Å². The van der Waals surface area contributed by atoms with Crippen LogP contribution in [0.5, 0.6) is 0 Å². The largest absolute Gasteiger partial charge is 0.360 e. The first-order valence-electron chi connectivity index (χ1n) is 8.91. The molecular weight excluding hydrogens is 400 g/mol. The number of para-hydroxylation sites is 1. The summed E-state index contributed by atoms with van der Waals surface area (Å²) >= 11 is 3.59. The predicted molar refractivity (Wildman–Crippen MR) is 113 cm³/mol. The molecule has 3 aromatic heterocycles. The smallest absolute Gasteiger partial charge is 0.291 e. The Morgan fingerprint density at radius 3 is 2.67 bits per heavy atom. The van der Waals surface area contributed by atoms with Crippen molar-refractivity contribution in [2.45, 2.75) is 0 Å². The minimum atomic E-state index is 1.10. The number of nitrogens with one attached hydrogen (secondary N) is 1. The highest BCUT2D eigenvalue weighted by molar-refractivity contribution is 9.10. The molecule has 134 valence electrons. The third-order valence-electron chi connectivity index (χ3n) is 5.39. The number of aryl methyl sites for hydroxylation is 2. The van der Waals surface area contributed by atoms with Crippen molar-refractivity contribution in [1.29, 1.82) is 0 Å². The van der Waals surface area contributed by atoms with Gasteiger partial charge in [0.15, 0.2) is 5.69 Å². The van der Waals surface area contributed by atoms with Gasteiger partial charge in [0, 0.05) is 45.7 Å². The van der Waals surface area contributed by atoms with Gasteiger partial charge in [-0.1, -0.05) is 40.2 Å². The second-order valence-corrected chi connectivity index (χ2v) is 7.99. The second-order valence-electron chi connectivity index (χ2n) is 7.07. The van der Waals surface area contributed by atoms with Crippen LogP contribution in [0, 0.1) is 0 Å². The zero-order chi connectivity index (χ0) is 18.7. The van der Waals surface area contributed by atoms with E-state index in [-0.39, 0.29) is 0 Å². The van der Waals surface area contributed by atoms with Crippen molar-refractivity contribution >= 4 is 37.7 Å². The number of hydrogen-bond acceptors (Lipinski definition) is 0. The number of nitrogens with zero attached hydrogens (tertiary/aromatic N) is 3. The summed E-state index contributed by atoms with van der Waals surface area (Å²) in [6.45, 7) is 0. The summed E-state index contributed by atoms with van der Waals surface area (Å²) in [6.07, 6.45) is 6.53. The third kappa shape index (κ3) is 2.38. The zero-order valence-corrected chi connectivity index (χ0v) is 17.1. The lowest BCUT2D eigenvalue weighted by atomic mass is 10.1. The molecule has 5 heteroatoms. The Kier molecular flexibility index (Phi) is 3.56. The minimum Gasteiger partial charge on any atom is -0.360 e. The standard InChI is InChI=1S/C22H20BrN4/c1-25-12-18(16-9-8-14(23)10-20(16)25)22-26(2)13-21(27(22)3)17-11-24-19-7-5-4-6-15(17)19/h4-13,24H,1-3H3/q+1. The molecule has 0 unspecified atom stereocenters. The van der Waals surface area contributed by atoms with E-state index in [2.05, 4.69) is 117 Å². The van der Waals surface area contributed by atoms with E-state index in [4.69, 9.17) is 0 Å². The molecule has 0 radical (unpaired) electrons. The first-order chi connectivity index (χ1) is 13.0. The van der Waals surface area contributed by atoms with E-state index in [0.29, 0.717) is 0 Å². The number of halogens is 1. The Morgan fingerprint density at radius 1 is 1.00 bits per heavy atom. The van der Waals surface area contributed by atoms with E-state index in [1.54, 1.807) is 0 Å². The molecule has 1 N–H and O–H groups in total. The molecule has 0 spiro atoms. The fourth-order valence-corrected chi connectivity index (χ4v) is 4.47. The molecule has 5 aromatic rings. The van der Waals surface area contributed by atoms with Crippen molar-refractivity contribution in [3.63, 3.8) is 0 Å². The Labute approximate surface area is 165 Å². The maximum absolute atomic E-state index is 3.59. The highest BCUT2D eigenvalue weighted by Gasteiger charge is 2.25. The maximum Gasteiger partial charge on any atom is 0.291 e. The molecule has 3 heterocycles. The molecule has 0 bridgehead atoms. The van der Waals surface area contributed by atoms with Gasteiger partial charge in [-0.15, -0.1) is 0 Å². The molecule has 0 fully saturated rings. The number of rotatable bonds is 2. The van der Waals surface area contributed by atoms with Gasteiger partial charge in [0.1, 0.15) is 6.20 Å². The molecule has 2 aromatic carbocycles. The van der Waals surface area contributed by atoms with Crippen molar-refractivity contribution in [3.8, 4) is 22.6 Å². The topological polar surface area (TPSA) is 29.5 Å². The normalized spacial score (nSPS) is 11.7. The van der Waals surface area contributed by atoms with E-state index in [1.807, 2.05) is 0 Å². The van der Waals surface area contributed by atoms with Crippen LogP contribution in [0.2, 0.25) is 0 Å². The van der Waals surface area contributed by atoms with Crippen LogP contribution in [0.4, 0.5) is 0 Å². The predicted octanol–water partition coefficient (Wildman–Crippen LogP) is 4.92. The van der Waals surface area contributed by atoms with Crippen molar-refractivity contribution in [2.75, 3.05) is 0 Å². The highest BCUT2D eigenvalue weighted by atomic mass is 79.9. The van der Waals surface area contributed by atoms with Crippen LogP contribution in [0.15, 0.2) is 65.5 Å². The molecule has 0 saturated heterocycles. The molecule has 4 nitrogen and oxygen atoms in total. The molecule has 0 aliphatic carbocycles. The second kappa shape index (κ2) is 5.86. The molecule has 0 amide bonds. The summed E-state index contributed by atoms with van der Waals surface area (Å²) in [4.78, 5) is 3.39. The highest BCUT2D eigenvalue weighted by Crippen LogP contribution is 2.34. The van der Waals surface area contributed by atoms with Gasteiger partial charge >= 0.3 is 0 Å². The maximum atomic E-state index is 3.59. The number of aromatic amines is 1. The van der Waals surface area contributed by atoms with Crippen LogP contribution < -0.4 is 4.57 Å². The van der Waals surface area contributed by atoms with Crippen LogP contribution in [-0.4, -0.2) is 14.1 Å².